The maximum atomic E-state index is 11.5. The SMILES string of the molecule is CCNC(=NCCNC(=O)C1CC1)NC1CC2CCC1O2. The lowest BCUT2D eigenvalue weighted by Gasteiger charge is -2.22. The second-order valence-corrected chi connectivity index (χ2v) is 6.19. The summed E-state index contributed by atoms with van der Waals surface area (Å²) < 4.78 is 5.85. The average molecular weight is 294 g/mol. The predicted molar refractivity (Wildman–Crippen MR) is 81.1 cm³/mol. The number of carbonyl (C=O) groups is 1. The molecule has 3 aliphatic rings. The summed E-state index contributed by atoms with van der Waals surface area (Å²) in [5.74, 6) is 1.29. The van der Waals surface area contributed by atoms with E-state index < -0.39 is 0 Å². The quantitative estimate of drug-likeness (QED) is 0.376. The number of hydrogen-bond acceptors (Lipinski definition) is 3. The normalized spacial score (nSPS) is 31.3. The summed E-state index contributed by atoms with van der Waals surface area (Å²) in [6, 6.07) is 0.377. The number of carbonyl (C=O) groups excluding carboxylic acids is 1. The highest BCUT2D eigenvalue weighted by Gasteiger charge is 2.41. The second kappa shape index (κ2) is 6.64. The van der Waals surface area contributed by atoms with Crippen molar-refractivity contribution in [1.82, 2.24) is 16.0 Å². The first kappa shape index (κ1) is 14.6. The smallest absolute Gasteiger partial charge is 0.223 e. The molecule has 3 fully saturated rings. The van der Waals surface area contributed by atoms with E-state index >= 15 is 0 Å². The van der Waals surface area contributed by atoms with E-state index in [9.17, 15) is 4.79 Å². The standard InChI is InChI=1S/C15H26N4O2/c1-2-16-15(18-8-7-17-14(20)10-3-4-10)19-12-9-11-5-6-13(12)21-11/h10-13H,2-9H2,1H3,(H,17,20)(H2,16,18,19). The highest BCUT2D eigenvalue weighted by molar-refractivity contribution is 5.81. The third kappa shape index (κ3) is 3.87. The van der Waals surface area contributed by atoms with Crippen LogP contribution in [0.5, 0.6) is 0 Å². The van der Waals surface area contributed by atoms with E-state index in [1.807, 2.05) is 0 Å². The molecule has 0 aromatic carbocycles. The van der Waals surface area contributed by atoms with E-state index in [0.29, 0.717) is 31.3 Å². The maximum absolute atomic E-state index is 11.5. The Kier molecular flexibility index (Phi) is 4.63. The average Bonchev–Trinajstić information content (AvgIpc) is 3.13. The van der Waals surface area contributed by atoms with E-state index in [4.69, 9.17) is 4.74 Å². The molecule has 0 aromatic heterocycles. The highest BCUT2D eigenvalue weighted by atomic mass is 16.5. The fourth-order valence-electron chi connectivity index (χ4n) is 3.12. The molecular formula is C15H26N4O2. The molecule has 1 amide bonds. The largest absolute Gasteiger partial charge is 0.373 e. The Morgan fingerprint density at radius 3 is 2.71 bits per heavy atom. The van der Waals surface area contributed by atoms with Crippen LogP contribution in [0.15, 0.2) is 4.99 Å². The molecule has 21 heavy (non-hydrogen) atoms. The number of guanidine groups is 1. The molecular weight excluding hydrogens is 268 g/mol. The van der Waals surface area contributed by atoms with Gasteiger partial charge in [-0.15, -0.1) is 0 Å². The van der Waals surface area contributed by atoms with E-state index in [1.165, 1.54) is 6.42 Å². The summed E-state index contributed by atoms with van der Waals surface area (Å²) in [6.45, 7) is 4.11. The number of nitrogens with zero attached hydrogens (tertiary/aromatic N) is 1. The van der Waals surface area contributed by atoms with Crippen molar-refractivity contribution in [3.05, 3.63) is 0 Å². The first-order valence-electron chi connectivity index (χ1n) is 8.24. The highest BCUT2D eigenvalue weighted by Crippen LogP contribution is 2.34. The van der Waals surface area contributed by atoms with Gasteiger partial charge in [0.1, 0.15) is 0 Å². The summed E-state index contributed by atoms with van der Waals surface area (Å²) in [7, 11) is 0. The molecule has 2 heterocycles. The van der Waals surface area contributed by atoms with Crippen LogP contribution in [-0.4, -0.2) is 49.8 Å². The fourth-order valence-corrected chi connectivity index (χ4v) is 3.12. The molecule has 3 atom stereocenters. The first-order valence-corrected chi connectivity index (χ1v) is 8.24. The number of hydrogen-bond donors (Lipinski definition) is 3. The Morgan fingerprint density at radius 1 is 1.24 bits per heavy atom. The van der Waals surface area contributed by atoms with Gasteiger partial charge in [-0.3, -0.25) is 9.79 Å². The van der Waals surface area contributed by atoms with Gasteiger partial charge in [-0.05, 0) is 39.0 Å². The molecule has 1 saturated carbocycles. The molecule has 6 nitrogen and oxygen atoms in total. The number of fused-ring (bicyclic) bond motifs is 2. The summed E-state index contributed by atoms with van der Waals surface area (Å²) in [6.07, 6.45) is 6.30. The van der Waals surface area contributed by atoms with Crippen molar-refractivity contribution in [2.75, 3.05) is 19.6 Å². The van der Waals surface area contributed by atoms with Crippen molar-refractivity contribution in [3.8, 4) is 0 Å². The predicted octanol–water partition coefficient (Wildman–Crippen LogP) is 0.388. The molecule has 6 heteroatoms. The number of rotatable bonds is 6. The molecule has 3 unspecified atom stereocenters. The third-order valence-corrected chi connectivity index (χ3v) is 4.40. The van der Waals surface area contributed by atoms with Crippen LogP contribution in [0.25, 0.3) is 0 Å². The van der Waals surface area contributed by atoms with E-state index in [-0.39, 0.29) is 11.8 Å². The Bertz CT molecular complexity index is 408. The van der Waals surface area contributed by atoms with Crippen LogP contribution in [0, 0.1) is 5.92 Å². The van der Waals surface area contributed by atoms with Gasteiger partial charge in [-0.1, -0.05) is 0 Å². The minimum absolute atomic E-state index is 0.185. The minimum Gasteiger partial charge on any atom is -0.373 e. The van der Waals surface area contributed by atoms with Crippen LogP contribution in [0.1, 0.15) is 39.0 Å². The number of ether oxygens (including phenoxy) is 1. The topological polar surface area (TPSA) is 74.8 Å². The van der Waals surface area contributed by atoms with Gasteiger partial charge in [-0.2, -0.15) is 0 Å². The zero-order valence-electron chi connectivity index (χ0n) is 12.7. The van der Waals surface area contributed by atoms with Crippen molar-refractivity contribution < 1.29 is 9.53 Å². The minimum atomic E-state index is 0.185. The van der Waals surface area contributed by atoms with Gasteiger partial charge in [0.2, 0.25) is 5.91 Å². The summed E-state index contributed by atoms with van der Waals surface area (Å²) >= 11 is 0. The number of amides is 1. The molecule has 1 aliphatic carbocycles. The molecule has 0 aromatic rings. The van der Waals surface area contributed by atoms with Crippen LogP contribution in [-0.2, 0) is 9.53 Å². The zero-order valence-corrected chi connectivity index (χ0v) is 12.7. The van der Waals surface area contributed by atoms with E-state index in [2.05, 4.69) is 27.9 Å². The first-order chi connectivity index (χ1) is 10.3. The van der Waals surface area contributed by atoms with Gasteiger partial charge in [0.25, 0.3) is 0 Å². The molecule has 2 saturated heterocycles. The second-order valence-electron chi connectivity index (χ2n) is 6.19. The van der Waals surface area contributed by atoms with Gasteiger partial charge < -0.3 is 20.7 Å². The molecule has 3 N–H and O–H groups in total. The van der Waals surface area contributed by atoms with Crippen LogP contribution in [0.3, 0.4) is 0 Å². The lowest BCUT2D eigenvalue weighted by molar-refractivity contribution is -0.122. The van der Waals surface area contributed by atoms with Gasteiger partial charge >= 0.3 is 0 Å². The summed E-state index contributed by atoms with van der Waals surface area (Å²) in [5, 5.41) is 9.67. The monoisotopic (exact) mass is 294 g/mol. The molecule has 0 radical (unpaired) electrons. The number of aliphatic imine (C=N–C) groups is 1. The van der Waals surface area contributed by atoms with Gasteiger partial charge in [0, 0.05) is 19.0 Å². The van der Waals surface area contributed by atoms with Crippen molar-refractivity contribution in [2.24, 2.45) is 10.9 Å². The number of nitrogens with one attached hydrogen (secondary N) is 3. The van der Waals surface area contributed by atoms with Crippen molar-refractivity contribution in [1.29, 1.82) is 0 Å². The van der Waals surface area contributed by atoms with Crippen LogP contribution in [0.4, 0.5) is 0 Å². The lowest BCUT2D eigenvalue weighted by Crippen LogP contribution is -2.47. The van der Waals surface area contributed by atoms with E-state index in [0.717, 1.165) is 38.2 Å². The lowest BCUT2D eigenvalue weighted by atomic mass is 9.96. The van der Waals surface area contributed by atoms with Crippen LogP contribution in [0.2, 0.25) is 0 Å². The van der Waals surface area contributed by atoms with E-state index in [1.54, 1.807) is 0 Å². The summed E-state index contributed by atoms with van der Waals surface area (Å²) in [5.41, 5.74) is 0. The Labute approximate surface area is 126 Å². The zero-order chi connectivity index (χ0) is 14.7. The van der Waals surface area contributed by atoms with Crippen LogP contribution >= 0.6 is 0 Å². The maximum Gasteiger partial charge on any atom is 0.223 e. The molecule has 0 spiro atoms. The molecule has 3 rings (SSSR count). The Morgan fingerprint density at radius 2 is 2.10 bits per heavy atom. The van der Waals surface area contributed by atoms with Gasteiger partial charge in [0.15, 0.2) is 5.96 Å². The Hall–Kier alpha value is -1.30. The van der Waals surface area contributed by atoms with Crippen molar-refractivity contribution in [2.45, 2.75) is 57.3 Å². The van der Waals surface area contributed by atoms with Crippen molar-refractivity contribution >= 4 is 11.9 Å². The van der Waals surface area contributed by atoms with Gasteiger partial charge in [-0.25, -0.2) is 0 Å². The molecule has 2 aliphatic heterocycles. The molecule has 118 valence electrons. The fraction of sp³-hybridized carbons (Fsp3) is 0.867. The Balaban J connectivity index is 1.42. The third-order valence-electron chi connectivity index (χ3n) is 4.40. The van der Waals surface area contributed by atoms with Gasteiger partial charge in [0.05, 0.1) is 24.8 Å². The summed E-state index contributed by atoms with van der Waals surface area (Å²) in [4.78, 5) is 16.1. The van der Waals surface area contributed by atoms with Crippen molar-refractivity contribution in [3.63, 3.8) is 0 Å². The van der Waals surface area contributed by atoms with Crippen LogP contribution < -0.4 is 16.0 Å². The molecule has 2 bridgehead atoms.